The monoisotopic (exact) mass is 312 g/mol. The van der Waals surface area contributed by atoms with Gasteiger partial charge in [0.1, 0.15) is 5.01 Å². The fourth-order valence-electron chi connectivity index (χ4n) is 2.31. The second kappa shape index (κ2) is 7.33. The topological polar surface area (TPSA) is 42.7 Å². The summed E-state index contributed by atoms with van der Waals surface area (Å²) in [7, 11) is 0. The predicted octanol–water partition coefficient (Wildman–Crippen LogP) is 3.75. The second-order valence-electron chi connectivity index (χ2n) is 5.27. The maximum absolute atomic E-state index is 4.75. The van der Waals surface area contributed by atoms with Crippen LogP contribution in [-0.4, -0.2) is 21.1 Å². The van der Waals surface area contributed by atoms with Crippen LogP contribution in [0.2, 0.25) is 0 Å². The number of rotatable bonds is 7. The summed E-state index contributed by atoms with van der Waals surface area (Å²) in [4.78, 5) is 8.80. The zero-order valence-electron chi connectivity index (χ0n) is 12.6. The molecule has 1 aromatic carbocycles. The minimum Gasteiger partial charge on any atom is -0.337 e. The highest BCUT2D eigenvalue weighted by Crippen LogP contribution is 2.25. The lowest BCUT2D eigenvalue weighted by atomic mass is 10.2. The third-order valence-corrected chi connectivity index (χ3v) is 4.59. The quantitative estimate of drug-likeness (QED) is 0.676. The van der Waals surface area contributed by atoms with E-state index in [0.717, 1.165) is 30.2 Å². The molecule has 3 aromatic rings. The molecule has 0 aliphatic rings. The zero-order chi connectivity index (χ0) is 15.2. The van der Waals surface area contributed by atoms with Crippen LogP contribution in [0, 0.1) is 0 Å². The van der Waals surface area contributed by atoms with Gasteiger partial charge in [-0.15, -0.1) is 11.3 Å². The maximum atomic E-state index is 4.75. The predicted molar refractivity (Wildman–Crippen MR) is 90.8 cm³/mol. The molecule has 5 heteroatoms. The lowest BCUT2D eigenvalue weighted by Crippen LogP contribution is -2.20. The number of hydrogen-bond acceptors (Lipinski definition) is 4. The van der Waals surface area contributed by atoms with E-state index in [0.29, 0.717) is 0 Å². The van der Waals surface area contributed by atoms with Gasteiger partial charge in [0, 0.05) is 29.9 Å². The van der Waals surface area contributed by atoms with E-state index in [1.807, 2.05) is 36.9 Å². The lowest BCUT2D eigenvalue weighted by Gasteiger charge is -2.11. The number of aromatic nitrogens is 3. The summed E-state index contributed by atoms with van der Waals surface area (Å²) < 4.78 is 2.10. The Bertz CT molecular complexity index is 676. The molecule has 1 unspecified atom stereocenters. The highest BCUT2D eigenvalue weighted by atomic mass is 32.1. The normalized spacial score (nSPS) is 12.4. The average Bonchev–Trinajstić information content (AvgIpc) is 3.24. The van der Waals surface area contributed by atoms with Gasteiger partial charge in [-0.25, -0.2) is 9.97 Å². The number of thiazole rings is 1. The highest BCUT2D eigenvalue weighted by Gasteiger charge is 2.10. The van der Waals surface area contributed by atoms with Gasteiger partial charge < -0.3 is 9.88 Å². The second-order valence-corrected chi connectivity index (χ2v) is 6.16. The first kappa shape index (κ1) is 14.9. The van der Waals surface area contributed by atoms with Crippen molar-refractivity contribution >= 4 is 11.3 Å². The molecule has 1 N–H and O–H groups in total. The van der Waals surface area contributed by atoms with Crippen LogP contribution in [0.3, 0.4) is 0 Å². The number of benzene rings is 1. The Labute approximate surface area is 134 Å². The summed E-state index contributed by atoms with van der Waals surface area (Å²) in [6.07, 6.45) is 6.75. The molecule has 0 fully saturated rings. The van der Waals surface area contributed by atoms with Crippen molar-refractivity contribution in [2.45, 2.75) is 25.9 Å². The van der Waals surface area contributed by atoms with Crippen molar-refractivity contribution in [3.05, 3.63) is 59.4 Å². The molecular weight excluding hydrogens is 292 g/mol. The molecular formula is C17H20N4S. The molecule has 22 heavy (non-hydrogen) atoms. The Morgan fingerprint density at radius 2 is 2.14 bits per heavy atom. The van der Waals surface area contributed by atoms with Crippen LogP contribution in [0.5, 0.6) is 0 Å². The average molecular weight is 312 g/mol. The summed E-state index contributed by atoms with van der Waals surface area (Å²) in [5, 5.41) is 6.81. The van der Waals surface area contributed by atoms with E-state index in [-0.39, 0.29) is 6.04 Å². The van der Waals surface area contributed by atoms with Gasteiger partial charge in [0.05, 0.1) is 18.1 Å². The maximum Gasteiger partial charge on any atom is 0.110 e. The third kappa shape index (κ3) is 3.81. The van der Waals surface area contributed by atoms with Gasteiger partial charge in [-0.1, -0.05) is 30.3 Å². The lowest BCUT2D eigenvalue weighted by molar-refractivity contribution is 0.525. The van der Waals surface area contributed by atoms with Crippen molar-refractivity contribution in [2.75, 3.05) is 6.54 Å². The Morgan fingerprint density at radius 3 is 2.91 bits per heavy atom. The molecule has 3 rings (SSSR count). The Balaban J connectivity index is 1.50. The molecule has 0 saturated carbocycles. The van der Waals surface area contributed by atoms with Crippen LogP contribution < -0.4 is 5.32 Å². The standard InChI is InChI=1S/C17H20N4S/c1-14(19-8-5-10-21-11-9-18-13-21)17-20-16(12-22-17)15-6-3-2-4-7-15/h2-4,6-7,9,11-14,19H,5,8,10H2,1H3. The fourth-order valence-corrected chi connectivity index (χ4v) is 3.17. The number of imidazole rings is 1. The first-order chi connectivity index (χ1) is 10.8. The largest absolute Gasteiger partial charge is 0.337 e. The Morgan fingerprint density at radius 1 is 1.27 bits per heavy atom. The Hall–Kier alpha value is -1.98. The molecule has 1 atom stereocenters. The van der Waals surface area contributed by atoms with Gasteiger partial charge in [-0.3, -0.25) is 0 Å². The van der Waals surface area contributed by atoms with Gasteiger partial charge >= 0.3 is 0 Å². The van der Waals surface area contributed by atoms with Crippen molar-refractivity contribution in [1.82, 2.24) is 19.9 Å². The number of nitrogens with one attached hydrogen (secondary N) is 1. The van der Waals surface area contributed by atoms with Gasteiger partial charge in [-0.05, 0) is 19.9 Å². The van der Waals surface area contributed by atoms with E-state index in [4.69, 9.17) is 4.98 Å². The van der Waals surface area contributed by atoms with Gasteiger partial charge in [-0.2, -0.15) is 0 Å². The molecule has 0 spiro atoms. The van der Waals surface area contributed by atoms with Crippen molar-refractivity contribution < 1.29 is 0 Å². The van der Waals surface area contributed by atoms with Gasteiger partial charge in [0.2, 0.25) is 0 Å². The van der Waals surface area contributed by atoms with E-state index in [1.54, 1.807) is 11.3 Å². The molecule has 0 aliphatic carbocycles. The zero-order valence-corrected chi connectivity index (χ0v) is 13.5. The van der Waals surface area contributed by atoms with Crippen LogP contribution in [0.4, 0.5) is 0 Å². The third-order valence-electron chi connectivity index (χ3n) is 3.56. The molecule has 4 nitrogen and oxygen atoms in total. The summed E-state index contributed by atoms with van der Waals surface area (Å²) >= 11 is 1.72. The van der Waals surface area contributed by atoms with Gasteiger partial charge in [0.15, 0.2) is 0 Å². The fraction of sp³-hybridized carbons (Fsp3) is 0.294. The van der Waals surface area contributed by atoms with E-state index in [9.17, 15) is 0 Å². The molecule has 0 bridgehead atoms. The summed E-state index contributed by atoms with van der Waals surface area (Å²) in [5.41, 5.74) is 2.24. The van der Waals surface area contributed by atoms with Crippen LogP contribution in [0.1, 0.15) is 24.4 Å². The minimum atomic E-state index is 0.283. The van der Waals surface area contributed by atoms with Crippen LogP contribution in [0.25, 0.3) is 11.3 Å². The smallest absolute Gasteiger partial charge is 0.110 e. The van der Waals surface area contributed by atoms with Crippen LogP contribution in [-0.2, 0) is 6.54 Å². The molecule has 0 amide bonds. The summed E-state index contributed by atoms with van der Waals surface area (Å²) in [6, 6.07) is 10.6. The molecule has 2 aromatic heterocycles. The van der Waals surface area contributed by atoms with Crippen molar-refractivity contribution in [3.8, 4) is 11.3 Å². The van der Waals surface area contributed by atoms with E-state index in [2.05, 4.69) is 39.3 Å². The highest BCUT2D eigenvalue weighted by molar-refractivity contribution is 7.10. The molecule has 114 valence electrons. The number of hydrogen-bond donors (Lipinski definition) is 1. The molecule has 0 saturated heterocycles. The van der Waals surface area contributed by atoms with E-state index in [1.165, 1.54) is 5.56 Å². The van der Waals surface area contributed by atoms with Crippen molar-refractivity contribution in [1.29, 1.82) is 0 Å². The first-order valence-corrected chi connectivity index (χ1v) is 8.41. The van der Waals surface area contributed by atoms with Crippen LogP contribution in [0.15, 0.2) is 54.4 Å². The molecule has 0 aliphatic heterocycles. The van der Waals surface area contributed by atoms with Crippen molar-refractivity contribution in [2.24, 2.45) is 0 Å². The minimum absolute atomic E-state index is 0.283. The molecule has 2 heterocycles. The van der Waals surface area contributed by atoms with E-state index >= 15 is 0 Å². The summed E-state index contributed by atoms with van der Waals surface area (Å²) in [6.45, 7) is 4.14. The summed E-state index contributed by atoms with van der Waals surface area (Å²) in [5.74, 6) is 0. The van der Waals surface area contributed by atoms with Crippen LogP contribution >= 0.6 is 11.3 Å². The number of aryl methyl sites for hydroxylation is 1. The first-order valence-electron chi connectivity index (χ1n) is 7.53. The van der Waals surface area contributed by atoms with E-state index < -0.39 is 0 Å². The number of nitrogens with zero attached hydrogens (tertiary/aromatic N) is 3. The SMILES string of the molecule is CC(NCCCn1ccnc1)c1nc(-c2ccccc2)cs1. The Kier molecular flexibility index (Phi) is 4.98. The van der Waals surface area contributed by atoms with Crippen molar-refractivity contribution in [3.63, 3.8) is 0 Å². The van der Waals surface area contributed by atoms with Gasteiger partial charge in [0.25, 0.3) is 0 Å². The molecule has 0 radical (unpaired) electrons.